The minimum absolute atomic E-state index is 0. The van der Waals surface area contributed by atoms with Crippen LogP contribution in [0.1, 0.15) is 23.2 Å². The minimum Gasteiger partial charge on any atom is -0.383 e. The van der Waals surface area contributed by atoms with Crippen LogP contribution in [0.5, 0.6) is 0 Å². The molecule has 9 heteroatoms. The highest BCUT2D eigenvalue weighted by Crippen LogP contribution is 2.12. The van der Waals surface area contributed by atoms with Gasteiger partial charge in [-0.2, -0.15) is 0 Å². The van der Waals surface area contributed by atoms with Gasteiger partial charge in [0.2, 0.25) is 10.0 Å². The Balaban J connectivity index is 0.00000288. The zero-order chi connectivity index (χ0) is 16.7. The van der Waals surface area contributed by atoms with Crippen LogP contribution in [0, 0.1) is 0 Å². The van der Waals surface area contributed by atoms with E-state index in [1.807, 2.05) is 0 Å². The standard InChI is InChI=1S/C15H23N3O4S.ClH/c1-22-9-8-17-23(20,21)14-6-2-4-12(10-14)15(19)18-13-5-3-7-16-11-13;/h2,4,6,10,13,16-17H,3,5,7-9,11H2,1H3,(H,18,19);1H/t13-;/m0./s1. The molecular weight excluding hydrogens is 354 g/mol. The monoisotopic (exact) mass is 377 g/mol. The SMILES string of the molecule is COCCNS(=O)(=O)c1cccc(C(=O)N[C@H]2CCCNC2)c1.Cl. The van der Waals surface area contributed by atoms with Crippen molar-refractivity contribution in [2.75, 3.05) is 33.4 Å². The number of ether oxygens (including phenoxy) is 1. The number of methoxy groups -OCH3 is 1. The lowest BCUT2D eigenvalue weighted by atomic mass is 10.1. The van der Waals surface area contributed by atoms with Crippen molar-refractivity contribution in [2.24, 2.45) is 0 Å². The van der Waals surface area contributed by atoms with E-state index in [1.54, 1.807) is 12.1 Å². The molecule has 1 atom stereocenters. The van der Waals surface area contributed by atoms with Gasteiger partial charge in [0.05, 0.1) is 11.5 Å². The van der Waals surface area contributed by atoms with Crippen molar-refractivity contribution in [3.63, 3.8) is 0 Å². The number of amides is 1. The Morgan fingerprint density at radius 2 is 2.21 bits per heavy atom. The van der Waals surface area contributed by atoms with E-state index in [2.05, 4.69) is 15.4 Å². The van der Waals surface area contributed by atoms with E-state index in [4.69, 9.17) is 4.74 Å². The summed E-state index contributed by atoms with van der Waals surface area (Å²) < 4.78 is 31.6. The van der Waals surface area contributed by atoms with E-state index in [0.717, 1.165) is 25.9 Å². The molecule has 2 rings (SSSR count). The normalized spacial score (nSPS) is 17.8. The van der Waals surface area contributed by atoms with Crippen LogP contribution in [-0.4, -0.2) is 53.7 Å². The third-order valence-electron chi connectivity index (χ3n) is 3.64. The predicted molar refractivity (Wildman–Crippen MR) is 94.1 cm³/mol. The smallest absolute Gasteiger partial charge is 0.251 e. The molecular formula is C15H24ClN3O4S. The second-order valence-corrected chi connectivity index (χ2v) is 7.20. The van der Waals surface area contributed by atoms with Gasteiger partial charge in [-0.1, -0.05) is 6.07 Å². The Labute approximate surface area is 149 Å². The summed E-state index contributed by atoms with van der Waals surface area (Å²) in [7, 11) is -2.14. The summed E-state index contributed by atoms with van der Waals surface area (Å²) in [5.41, 5.74) is 0.338. The van der Waals surface area contributed by atoms with E-state index in [9.17, 15) is 13.2 Å². The van der Waals surface area contributed by atoms with Gasteiger partial charge < -0.3 is 15.4 Å². The highest BCUT2D eigenvalue weighted by Gasteiger charge is 2.19. The van der Waals surface area contributed by atoms with Crippen LogP contribution >= 0.6 is 12.4 Å². The number of carbonyl (C=O) groups is 1. The van der Waals surface area contributed by atoms with Crippen molar-refractivity contribution in [3.8, 4) is 0 Å². The zero-order valence-corrected chi connectivity index (χ0v) is 15.2. The van der Waals surface area contributed by atoms with Crippen molar-refractivity contribution in [1.82, 2.24) is 15.4 Å². The summed E-state index contributed by atoms with van der Waals surface area (Å²) in [6.45, 7) is 2.17. The molecule has 1 aliphatic rings. The average Bonchev–Trinajstić information content (AvgIpc) is 2.56. The van der Waals surface area contributed by atoms with Crippen LogP contribution in [0.25, 0.3) is 0 Å². The Morgan fingerprint density at radius 1 is 1.42 bits per heavy atom. The summed E-state index contributed by atoms with van der Waals surface area (Å²) in [6.07, 6.45) is 1.94. The highest BCUT2D eigenvalue weighted by atomic mass is 35.5. The molecule has 1 aromatic carbocycles. The van der Waals surface area contributed by atoms with Gasteiger partial charge in [0.25, 0.3) is 5.91 Å². The molecule has 1 aliphatic heterocycles. The molecule has 0 radical (unpaired) electrons. The first kappa shape index (κ1) is 20.9. The maximum absolute atomic E-state index is 12.3. The van der Waals surface area contributed by atoms with Gasteiger partial charge >= 0.3 is 0 Å². The van der Waals surface area contributed by atoms with Gasteiger partial charge in [-0.05, 0) is 37.6 Å². The largest absolute Gasteiger partial charge is 0.383 e. The van der Waals surface area contributed by atoms with Crippen molar-refractivity contribution in [1.29, 1.82) is 0 Å². The van der Waals surface area contributed by atoms with Gasteiger partial charge in [0.1, 0.15) is 0 Å². The third kappa shape index (κ3) is 6.03. The summed E-state index contributed by atoms with van der Waals surface area (Å²) in [4.78, 5) is 12.4. The van der Waals surface area contributed by atoms with Crippen LogP contribution in [0.2, 0.25) is 0 Å². The van der Waals surface area contributed by atoms with E-state index in [-0.39, 0.29) is 42.4 Å². The molecule has 1 fully saturated rings. The molecule has 0 spiro atoms. The van der Waals surface area contributed by atoms with Crippen LogP contribution in [-0.2, 0) is 14.8 Å². The number of halogens is 1. The number of nitrogens with one attached hydrogen (secondary N) is 3. The van der Waals surface area contributed by atoms with E-state index in [0.29, 0.717) is 5.56 Å². The fourth-order valence-corrected chi connectivity index (χ4v) is 3.47. The molecule has 136 valence electrons. The molecule has 1 aromatic rings. The Hall–Kier alpha value is -1.19. The zero-order valence-electron chi connectivity index (χ0n) is 13.6. The first-order chi connectivity index (χ1) is 11.0. The van der Waals surface area contributed by atoms with Crippen molar-refractivity contribution >= 4 is 28.3 Å². The number of sulfonamides is 1. The second-order valence-electron chi connectivity index (χ2n) is 5.44. The van der Waals surface area contributed by atoms with Gasteiger partial charge in [-0.25, -0.2) is 13.1 Å². The molecule has 1 saturated heterocycles. The molecule has 1 heterocycles. The van der Waals surface area contributed by atoms with Crippen molar-refractivity contribution < 1.29 is 17.9 Å². The summed E-state index contributed by atoms with van der Waals surface area (Å²) in [5.74, 6) is -0.257. The topological polar surface area (TPSA) is 96.5 Å². The van der Waals surface area contributed by atoms with Crippen LogP contribution in [0.4, 0.5) is 0 Å². The lowest BCUT2D eigenvalue weighted by Gasteiger charge is -2.23. The predicted octanol–water partition coefficient (Wildman–Crippen LogP) is 0.515. The summed E-state index contributed by atoms with van der Waals surface area (Å²) >= 11 is 0. The minimum atomic E-state index is -3.64. The first-order valence-electron chi connectivity index (χ1n) is 7.63. The molecule has 0 saturated carbocycles. The maximum atomic E-state index is 12.3. The molecule has 24 heavy (non-hydrogen) atoms. The summed E-state index contributed by atoms with van der Waals surface area (Å²) in [5, 5.41) is 6.15. The number of hydrogen-bond donors (Lipinski definition) is 3. The third-order valence-corrected chi connectivity index (χ3v) is 5.10. The summed E-state index contributed by atoms with van der Waals surface area (Å²) in [6, 6.07) is 6.12. The van der Waals surface area contributed by atoms with E-state index >= 15 is 0 Å². The van der Waals surface area contributed by atoms with Crippen molar-refractivity contribution in [3.05, 3.63) is 29.8 Å². The molecule has 7 nitrogen and oxygen atoms in total. The van der Waals surface area contributed by atoms with Gasteiger partial charge in [0, 0.05) is 31.8 Å². The van der Waals surface area contributed by atoms with Gasteiger partial charge in [-0.3, -0.25) is 4.79 Å². The van der Waals surface area contributed by atoms with E-state index in [1.165, 1.54) is 19.2 Å². The molecule has 1 amide bonds. The fourth-order valence-electron chi connectivity index (χ4n) is 2.41. The molecule has 3 N–H and O–H groups in total. The van der Waals surface area contributed by atoms with Gasteiger partial charge in [0.15, 0.2) is 0 Å². The fraction of sp³-hybridized carbons (Fsp3) is 0.533. The van der Waals surface area contributed by atoms with Gasteiger partial charge in [-0.15, -0.1) is 12.4 Å². The van der Waals surface area contributed by atoms with Crippen LogP contribution in [0.3, 0.4) is 0 Å². The number of piperidine rings is 1. The van der Waals surface area contributed by atoms with E-state index < -0.39 is 10.0 Å². The number of benzene rings is 1. The lowest BCUT2D eigenvalue weighted by molar-refractivity contribution is 0.0930. The number of hydrogen-bond acceptors (Lipinski definition) is 5. The Morgan fingerprint density at radius 3 is 2.88 bits per heavy atom. The quantitative estimate of drug-likeness (QED) is 0.602. The number of carbonyl (C=O) groups excluding carboxylic acids is 1. The van der Waals surface area contributed by atoms with Crippen LogP contribution in [0.15, 0.2) is 29.2 Å². The molecule has 0 aliphatic carbocycles. The first-order valence-corrected chi connectivity index (χ1v) is 9.11. The average molecular weight is 378 g/mol. The second kappa shape index (κ2) is 9.95. The Kier molecular flexibility index (Phi) is 8.65. The highest BCUT2D eigenvalue weighted by molar-refractivity contribution is 7.89. The Bertz CT molecular complexity index is 633. The molecule has 0 aromatic heterocycles. The van der Waals surface area contributed by atoms with Crippen LogP contribution < -0.4 is 15.4 Å². The lowest BCUT2D eigenvalue weighted by Crippen LogP contribution is -2.45. The maximum Gasteiger partial charge on any atom is 0.251 e. The van der Waals surface area contributed by atoms with Crippen molar-refractivity contribution in [2.45, 2.75) is 23.8 Å². The molecule has 0 unspecified atom stereocenters. The molecule has 0 bridgehead atoms. The number of rotatable bonds is 7.